The molecule has 0 aromatic heterocycles. The van der Waals surface area contributed by atoms with Gasteiger partial charge in [-0.15, -0.1) is 0 Å². The lowest BCUT2D eigenvalue weighted by Gasteiger charge is -2.19. The van der Waals surface area contributed by atoms with E-state index in [0.717, 1.165) is 12.8 Å². The van der Waals surface area contributed by atoms with Crippen molar-refractivity contribution in [1.82, 2.24) is 0 Å². The Bertz CT molecular complexity index is 522. The van der Waals surface area contributed by atoms with Crippen LogP contribution >= 0.6 is 23.5 Å². The van der Waals surface area contributed by atoms with E-state index in [-0.39, 0.29) is 19.4 Å². The maximum atomic E-state index is 12.0. The minimum Gasteiger partial charge on any atom is -0.438 e. The fraction of sp³-hybridized carbons (Fsp3) is 0.962. The van der Waals surface area contributed by atoms with E-state index in [1.807, 2.05) is 0 Å². The molecule has 0 rings (SSSR count). The Morgan fingerprint density at radius 1 is 0.800 bits per heavy atom. The lowest BCUT2D eigenvalue weighted by atomic mass is 10.0. The second kappa shape index (κ2) is 25.5. The van der Waals surface area contributed by atoms with E-state index in [1.54, 1.807) is 0 Å². The zero-order valence-corrected chi connectivity index (χ0v) is 24.8. The van der Waals surface area contributed by atoms with Gasteiger partial charge in [-0.2, -0.15) is 0 Å². The molecular formula is C26H52BrO7P. The Balaban J connectivity index is 3.66. The largest absolute Gasteiger partial charge is 0.508 e. The molecule has 0 saturated heterocycles. The number of hydrogen-bond donors (Lipinski definition) is 1. The highest BCUT2D eigenvalue weighted by Crippen LogP contribution is 2.42. The summed E-state index contributed by atoms with van der Waals surface area (Å²) in [5.41, 5.74) is 0. The Kier molecular flexibility index (Phi) is 25.4. The average Bonchev–Trinajstić information content (AvgIpc) is 2.85. The summed E-state index contributed by atoms with van der Waals surface area (Å²) < 4.78 is 32.3. The second-order valence-electron chi connectivity index (χ2n) is 9.27. The van der Waals surface area contributed by atoms with Crippen LogP contribution in [0.3, 0.4) is 0 Å². The van der Waals surface area contributed by atoms with Gasteiger partial charge >= 0.3 is 13.8 Å². The SMILES string of the molecule is CCCCCCCCCCCCCCCCCCOCC(COP(=O)(O)CCCBr)OC(=O)OC. The van der Waals surface area contributed by atoms with E-state index >= 15 is 0 Å². The fourth-order valence-electron chi connectivity index (χ4n) is 3.79. The van der Waals surface area contributed by atoms with Crippen LogP contribution in [0.1, 0.15) is 116 Å². The molecular weight excluding hydrogens is 535 g/mol. The van der Waals surface area contributed by atoms with Crippen molar-refractivity contribution in [2.75, 3.05) is 38.4 Å². The van der Waals surface area contributed by atoms with Crippen LogP contribution in [0.2, 0.25) is 0 Å². The highest BCUT2D eigenvalue weighted by Gasteiger charge is 2.23. The topological polar surface area (TPSA) is 91.3 Å². The Labute approximate surface area is 223 Å². The van der Waals surface area contributed by atoms with E-state index in [9.17, 15) is 14.3 Å². The first kappa shape index (κ1) is 34.9. The molecule has 1 N–H and O–H groups in total. The summed E-state index contributed by atoms with van der Waals surface area (Å²) in [6.07, 6.45) is 20.0. The summed E-state index contributed by atoms with van der Waals surface area (Å²) in [5.74, 6) is 0. The third-order valence-corrected chi connectivity index (χ3v) is 7.91. The molecule has 35 heavy (non-hydrogen) atoms. The predicted octanol–water partition coefficient (Wildman–Crippen LogP) is 8.40. The summed E-state index contributed by atoms with van der Waals surface area (Å²) in [6.45, 7) is 2.72. The van der Waals surface area contributed by atoms with Gasteiger partial charge in [0, 0.05) is 11.9 Å². The lowest BCUT2D eigenvalue weighted by Crippen LogP contribution is -2.28. The molecule has 0 aliphatic carbocycles. The first-order valence-corrected chi connectivity index (χ1v) is 16.7. The van der Waals surface area contributed by atoms with Crippen LogP contribution in [-0.2, 0) is 23.3 Å². The molecule has 0 spiro atoms. The Morgan fingerprint density at radius 2 is 1.29 bits per heavy atom. The molecule has 2 unspecified atom stereocenters. The standard InChI is InChI=1S/C26H52BrO7P/c1-3-4-5-6-7-8-9-10-11-12-13-14-15-16-17-18-21-32-23-25(34-26(28)31-2)24-33-35(29,30)22-19-20-27/h25H,3-24H2,1-2H3,(H,29,30). The number of hydrogen-bond acceptors (Lipinski definition) is 6. The molecule has 0 aliphatic heterocycles. The van der Waals surface area contributed by atoms with Crippen LogP contribution in [0, 0.1) is 0 Å². The Hall–Kier alpha value is -0.140. The van der Waals surface area contributed by atoms with Gasteiger partial charge in [0.25, 0.3) is 0 Å². The third-order valence-electron chi connectivity index (χ3n) is 5.91. The molecule has 7 nitrogen and oxygen atoms in total. The number of alkyl halides is 1. The fourth-order valence-corrected chi connectivity index (χ4v) is 5.59. The van der Waals surface area contributed by atoms with Gasteiger partial charge in [0.1, 0.15) is 0 Å². The van der Waals surface area contributed by atoms with Gasteiger partial charge in [0.05, 0.1) is 26.5 Å². The van der Waals surface area contributed by atoms with Crippen molar-refractivity contribution in [3.05, 3.63) is 0 Å². The molecule has 9 heteroatoms. The molecule has 0 aromatic rings. The summed E-state index contributed by atoms with van der Waals surface area (Å²) in [6, 6.07) is 0. The van der Waals surface area contributed by atoms with E-state index in [4.69, 9.17) is 14.0 Å². The summed E-state index contributed by atoms with van der Waals surface area (Å²) >= 11 is 3.22. The van der Waals surface area contributed by atoms with Gasteiger partial charge in [0.2, 0.25) is 0 Å². The maximum Gasteiger partial charge on any atom is 0.508 e. The van der Waals surface area contributed by atoms with Crippen molar-refractivity contribution in [2.24, 2.45) is 0 Å². The molecule has 0 radical (unpaired) electrons. The van der Waals surface area contributed by atoms with Gasteiger partial charge in [-0.05, 0) is 12.8 Å². The average molecular weight is 588 g/mol. The third kappa shape index (κ3) is 25.3. The molecule has 0 fully saturated rings. The van der Waals surface area contributed by atoms with E-state index in [1.165, 1.54) is 97.0 Å². The second-order valence-corrected chi connectivity index (χ2v) is 12.0. The molecule has 0 amide bonds. The summed E-state index contributed by atoms with van der Waals surface area (Å²) in [4.78, 5) is 21.2. The number of carbonyl (C=O) groups is 1. The number of carbonyl (C=O) groups excluding carboxylic acids is 1. The van der Waals surface area contributed by atoms with Crippen molar-refractivity contribution < 1.29 is 33.0 Å². The minimum absolute atomic E-state index is 0.0449. The number of methoxy groups -OCH3 is 1. The maximum absolute atomic E-state index is 12.0. The van der Waals surface area contributed by atoms with Crippen LogP contribution < -0.4 is 0 Å². The molecule has 0 aromatic carbocycles. The van der Waals surface area contributed by atoms with Crippen LogP contribution in [-0.4, -0.2) is 55.6 Å². The molecule has 0 saturated carbocycles. The quantitative estimate of drug-likeness (QED) is 0.0470. The Morgan fingerprint density at radius 3 is 1.74 bits per heavy atom. The summed E-state index contributed by atoms with van der Waals surface area (Å²) in [5, 5.41) is 0.616. The summed E-state index contributed by atoms with van der Waals surface area (Å²) in [7, 11) is -2.50. The predicted molar refractivity (Wildman–Crippen MR) is 147 cm³/mol. The highest BCUT2D eigenvalue weighted by molar-refractivity contribution is 9.09. The van der Waals surface area contributed by atoms with Crippen molar-refractivity contribution >= 4 is 29.7 Å². The number of halogens is 1. The van der Waals surface area contributed by atoms with Crippen LogP contribution in [0.5, 0.6) is 0 Å². The van der Waals surface area contributed by atoms with E-state index < -0.39 is 19.9 Å². The van der Waals surface area contributed by atoms with E-state index in [2.05, 4.69) is 27.6 Å². The van der Waals surface area contributed by atoms with Gasteiger partial charge in [0.15, 0.2) is 6.10 Å². The van der Waals surface area contributed by atoms with Crippen molar-refractivity contribution in [2.45, 2.75) is 122 Å². The first-order chi connectivity index (χ1) is 16.9. The normalized spacial score (nSPS) is 13.9. The van der Waals surface area contributed by atoms with E-state index in [0.29, 0.717) is 18.4 Å². The minimum atomic E-state index is -3.71. The van der Waals surface area contributed by atoms with Gasteiger partial charge in [-0.3, -0.25) is 4.57 Å². The lowest BCUT2D eigenvalue weighted by molar-refractivity contribution is -0.0282. The van der Waals surface area contributed by atoms with Crippen molar-refractivity contribution in [3.63, 3.8) is 0 Å². The van der Waals surface area contributed by atoms with Gasteiger partial charge < -0.3 is 23.6 Å². The molecule has 0 aliphatic rings. The molecule has 2 atom stereocenters. The van der Waals surface area contributed by atoms with Crippen LogP contribution in [0.25, 0.3) is 0 Å². The molecule has 0 bridgehead atoms. The molecule has 210 valence electrons. The number of unbranched alkanes of at least 4 members (excludes halogenated alkanes) is 15. The zero-order valence-electron chi connectivity index (χ0n) is 22.4. The van der Waals surface area contributed by atoms with Crippen molar-refractivity contribution in [1.29, 1.82) is 0 Å². The highest BCUT2D eigenvalue weighted by atomic mass is 79.9. The first-order valence-electron chi connectivity index (χ1n) is 13.8. The van der Waals surface area contributed by atoms with Gasteiger partial charge in [-0.1, -0.05) is 119 Å². The van der Waals surface area contributed by atoms with Gasteiger partial charge in [-0.25, -0.2) is 4.79 Å². The van der Waals surface area contributed by atoms with Crippen LogP contribution in [0.15, 0.2) is 0 Å². The zero-order chi connectivity index (χ0) is 26.0. The number of rotatable bonds is 26. The molecule has 0 heterocycles. The van der Waals surface area contributed by atoms with Crippen LogP contribution in [0.4, 0.5) is 4.79 Å². The monoisotopic (exact) mass is 586 g/mol. The van der Waals surface area contributed by atoms with Crippen molar-refractivity contribution in [3.8, 4) is 0 Å². The number of ether oxygens (including phenoxy) is 3. The smallest absolute Gasteiger partial charge is 0.438 e.